The van der Waals surface area contributed by atoms with Crippen molar-refractivity contribution >= 4 is 96.0 Å². The first-order chi connectivity index (χ1) is 70.9. The average Bonchev–Trinajstić information content (AvgIpc) is 0.775. The Kier molecular flexibility index (Phi) is 33.9. The van der Waals surface area contributed by atoms with Gasteiger partial charge in [0, 0.05) is 4.90 Å². The molecule has 0 spiro atoms. The van der Waals surface area contributed by atoms with Crippen molar-refractivity contribution in [2.24, 2.45) is 0 Å². The Morgan fingerprint density at radius 2 is 0.473 bits per heavy atom. The van der Waals surface area contributed by atoms with Crippen LogP contribution in [0.25, 0.3) is 22.3 Å². The molecule has 0 heterocycles. The minimum absolute atomic E-state index is 0.0246. The fraction of sp³-hybridized carbons (Fsp3) is 0.0392. The molecule has 0 aliphatic heterocycles. The molecule has 46 heteroatoms. The molecule has 0 bridgehead atoms. The summed E-state index contributed by atoms with van der Waals surface area (Å²) in [4.78, 5) is -4.54. The highest BCUT2D eigenvalue weighted by molar-refractivity contribution is 7.95. The number of hydrogen-bond donors (Lipinski definition) is 6. The van der Waals surface area contributed by atoms with Crippen LogP contribution < -0.4 is 52.1 Å². The lowest BCUT2D eigenvalue weighted by atomic mass is 10.1. The molecule has 0 atom stereocenters. The molecule has 0 unspecified atom stereocenters. The second-order valence-electron chi connectivity index (χ2n) is 30.7. The number of aryl methyl sites for hydroxylation is 2. The molecule has 37 nitrogen and oxygen atoms in total. The van der Waals surface area contributed by atoms with Crippen molar-refractivity contribution in [1.29, 1.82) is 10.5 Å². The number of rotatable bonds is 40. The molecule has 148 heavy (non-hydrogen) atoms. The Morgan fingerprint density at radius 3 is 0.770 bits per heavy atom. The van der Waals surface area contributed by atoms with Gasteiger partial charge in [-0.1, -0.05) is 87.9 Å². The van der Waals surface area contributed by atoms with Gasteiger partial charge in [0.25, 0.3) is 30.4 Å². The average molecular weight is 2180 g/mol. The number of nitrogens with zero attached hydrogens (tertiary/aromatic N) is 2. The lowest BCUT2D eigenvalue weighted by Gasteiger charge is -2.14. The molecule has 0 aromatic heterocycles. The molecule has 6 N–H and O–H groups in total. The van der Waals surface area contributed by atoms with Crippen molar-refractivity contribution < 1.29 is 160 Å². The van der Waals surface area contributed by atoms with Crippen LogP contribution in [0.5, 0.6) is 115 Å². The highest BCUT2D eigenvalue weighted by Gasteiger charge is 2.31. The van der Waals surface area contributed by atoms with E-state index >= 15 is 0 Å². The van der Waals surface area contributed by atoms with Crippen molar-refractivity contribution in [3.63, 3.8) is 0 Å². The molecule has 0 fully saturated rings. The van der Waals surface area contributed by atoms with E-state index in [2.05, 4.69) is 40.3 Å². The van der Waals surface area contributed by atoms with Crippen LogP contribution in [0, 0.1) is 36.5 Å². The summed E-state index contributed by atoms with van der Waals surface area (Å²) in [7, 11) is -25.5. The predicted octanol–water partition coefficient (Wildman–Crippen LogP) is 24.7. The third-order valence-electron chi connectivity index (χ3n) is 21.2. The number of nitriles is 2. The topological polar surface area (TPSA) is 531 Å². The fourth-order valence-electron chi connectivity index (χ4n) is 14.0. The van der Waals surface area contributed by atoms with Crippen LogP contribution in [0.2, 0.25) is 0 Å². The van der Waals surface area contributed by atoms with Gasteiger partial charge in [-0.15, -0.1) is 13.0 Å². The molecule has 0 saturated heterocycles. The van der Waals surface area contributed by atoms with E-state index in [4.69, 9.17) is 67.9 Å². The lowest BCUT2D eigenvalue weighted by molar-refractivity contribution is -0.432. The Hall–Kier alpha value is -15.4. The first-order valence-electron chi connectivity index (χ1n) is 42.4. The molecule has 16 aromatic carbocycles. The third-order valence-corrected chi connectivity index (χ3v) is 31.1. The summed E-state index contributed by atoms with van der Waals surface area (Å²) in [5, 5.41) is 57.0. The van der Waals surface area contributed by atoms with Gasteiger partial charge in [0.15, 0.2) is 0 Å². The molecule has 0 amide bonds. The summed E-state index contributed by atoms with van der Waals surface area (Å²) in [5.41, 5.74) is 5.27. The van der Waals surface area contributed by atoms with Gasteiger partial charge in [-0.2, -0.15) is 35.8 Å². The van der Waals surface area contributed by atoms with Crippen LogP contribution in [0.4, 0.5) is 0 Å². The largest absolute Gasteiger partial charge is 0.497 e. The van der Waals surface area contributed by atoms with Gasteiger partial charge >= 0.3 is 0 Å². The molecule has 756 valence electrons. The zero-order valence-electron chi connectivity index (χ0n) is 76.4. The molecule has 0 aliphatic carbocycles. The minimum atomic E-state index is -5.06. The quantitative estimate of drug-likeness (QED) is 0.00899. The predicted molar refractivity (Wildman–Crippen MR) is 532 cm³/mol. The molecule has 0 aliphatic rings. The highest BCUT2D eigenvalue weighted by atomic mass is 32.2. The molecule has 16 rings (SSSR count). The van der Waals surface area contributed by atoms with Gasteiger partial charge in [0.1, 0.15) is 147 Å². The van der Waals surface area contributed by atoms with Crippen LogP contribution in [0.3, 0.4) is 0 Å². The maximum absolute atomic E-state index is 14.0. The molecule has 0 radical (unpaired) electrons. The van der Waals surface area contributed by atoms with Crippen molar-refractivity contribution in [3.8, 4) is 149 Å². The molecular formula is C102H74N2O35S9. The zero-order valence-corrected chi connectivity index (χ0v) is 83.8. The van der Waals surface area contributed by atoms with E-state index in [1.807, 2.05) is 55.5 Å². The Bertz CT molecular complexity index is 8430. The van der Waals surface area contributed by atoms with Crippen LogP contribution in [-0.4, -0.2) is 94.2 Å². The lowest BCUT2D eigenvalue weighted by Crippen LogP contribution is -2.07. The van der Waals surface area contributed by atoms with Crippen LogP contribution >= 0.6 is 36.1 Å². The fourth-order valence-corrected chi connectivity index (χ4v) is 21.7. The maximum Gasteiger partial charge on any atom is 0.298 e. The summed E-state index contributed by atoms with van der Waals surface area (Å²) in [5.74, 6) is 4.98. The normalized spacial score (nSPS) is 11.6. The molecular weight excluding hydrogens is 2100 g/mol. The summed E-state index contributed by atoms with van der Waals surface area (Å²) in [6.45, 7) is 3.51. The van der Waals surface area contributed by atoms with E-state index < -0.39 is 89.2 Å². The van der Waals surface area contributed by atoms with Crippen molar-refractivity contribution in [2.45, 2.75) is 72.6 Å². The monoisotopic (exact) mass is 2170 g/mol. The second-order valence-corrected chi connectivity index (χ2v) is 42.9. The van der Waals surface area contributed by atoms with Gasteiger partial charge < -0.3 is 52.1 Å². The highest BCUT2D eigenvalue weighted by Crippen LogP contribution is 2.46. The SMILES string of the molecule is COc1ccc(Oc2ccc(Oc3ccc(S(=O)(=O)c4ccc(Oc5ccc(-c6ccc(Oc7ccc(S(=O)(=O)c8ccc(C)c(SOOO)c8)cc7S(=O)(=O)O)cc6)cc5)c(SOOO)c4)cc3S(=O)(=O)O)cc2)cc1.COc1ccc(S(=O)(=O)c2ccc(Oc3ccc(Oc4ccc(Oc5cccc(Oc6ccc(-c7ccc(Oc8cccc(C)c8C#N)cc7)cc6)c5C#N)cc4)cc3)c(SOOO)c2)cc1S(=O)(=O)O. The van der Waals surface area contributed by atoms with Gasteiger partial charge in [0.2, 0.25) is 29.5 Å². The van der Waals surface area contributed by atoms with E-state index in [0.717, 1.165) is 90.5 Å². The van der Waals surface area contributed by atoms with Gasteiger partial charge in [0.05, 0.1) is 95.1 Å². The zero-order chi connectivity index (χ0) is 105. The minimum Gasteiger partial charge on any atom is -0.497 e. The summed E-state index contributed by atoms with van der Waals surface area (Å²) >= 11 is 1.35. The third kappa shape index (κ3) is 26.3. The first-order valence-corrected chi connectivity index (χ1v) is 53.4. The maximum atomic E-state index is 14.0. The summed E-state index contributed by atoms with van der Waals surface area (Å²) < 4.78 is 263. The van der Waals surface area contributed by atoms with Gasteiger partial charge in [-0.05, 0) is 314 Å². The summed E-state index contributed by atoms with van der Waals surface area (Å²) in [6, 6.07) is 88.7. The van der Waals surface area contributed by atoms with Crippen LogP contribution in [-0.2, 0) is 88.0 Å². The van der Waals surface area contributed by atoms with Crippen LogP contribution in [0.1, 0.15) is 22.3 Å². The number of methoxy groups -OCH3 is 2. The van der Waals surface area contributed by atoms with Crippen molar-refractivity contribution in [2.75, 3.05) is 14.2 Å². The van der Waals surface area contributed by atoms with E-state index in [9.17, 15) is 74.7 Å². The van der Waals surface area contributed by atoms with Crippen LogP contribution in [0.15, 0.2) is 398 Å². The summed E-state index contributed by atoms with van der Waals surface area (Å²) in [6.07, 6.45) is 0. The van der Waals surface area contributed by atoms with Crippen molar-refractivity contribution in [1.82, 2.24) is 0 Å². The van der Waals surface area contributed by atoms with E-state index in [0.29, 0.717) is 122 Å². The number of ether oxygens (including phenoxy) is 11. The number of benzene rings is 16. The molecule has 16 aromatic rings. The molecule has 0 saturated carbocycles. The Labute approximate surface area is 858 Å². The van der Waals surface area contributed by atoms with E-state index in [-0.39, 0.29) is 86.7 Å². The van der Waals surface area contributed by atoms with E-state index in [1.165, 1.54) is 73.8 Å². The van der Waals surface area contributed by atoms with E-state index in [1.54, 1.807) is 165 Å². The second kappa shape index (κ2) is 47.0. The Morgan fingerprint density at radius 1 is 0.236 bits per heavy atom. The first kappa shape index (κ1) is 107. The Balaban J connectivity index is 0.000000222. The van der Waals surface area contributed by atoms with Crippen molar-refractivity contribution in [3.05, 3.63) is 362 Å². The van der Waals surface area contributed by atoms with Gasteiger partial charge in [-0.25, -0.2) is 41.0 Å². The number of sulfone groups is 3. The smallest absolute Gasteiger partial charge is 0.298 e. The van der Waals surface area contributed by atoms with Gasteiger partial charge in [-0.3, -0.25) is 13.7 Å². The standard InChI is InChI=1S/C52H36N2O14S3.C50H38O21S6/c1-33-5-3-6-46(44(33)31-53)63-38-13-9-34(10-14-38)35-11-15-39(16-12-35)64-47-7-4-8-48(45(47)32-54)65-40-21-17-36(18-22-40)62-37-19-23-41(24-20-37)66-49-27-25-42(29-51(49)69-68-67-55)70(56,57)43-26-28-50(61-2)52(30-43)71(58,59)60;1-31-3-20-40(27-47(31)72-70-68-51)74(53,54)42-22-25-45(49(29-42)76(57,58)59)66-38-10-6-33(7-11-38)32-4-8-37(9-5-32)65-44-24-21-41(28-48(44)73-71-69-52)75(55,56)43-23-26-46(50(30-43)77(60,61)62)67-39-18-16-36(17-19-39)64-35-14-12-34(63-2)13-15-35/h3-30,55H,1-2H3,(H,58,59,60);3-30,51-52H,1-2H3,(H,57,58,59)(H,60,61,62). The number of hydrogen-bond acceptors (Lipinski definition) is 37.